The Hall–Kier alpha value is -2.34. The van der Waals surface area contributed by atoms with Gasteiger partial charge in [0.2, 0.25) is 0 Å². The molecule has 0 radical (unpaired) electrons. The standard InChI is InChI=1S/C17H17N3/c1-20(16-8-7-15(11-18)19-12-16)13-17(9-10-17)14-5-3-2-4-6-14/h2-8,12H,9-10,13H2,1H3. The van der Waals surface area contributed by atoms with Crippen LogP contribution in [-0.2, 0) is 5.41 Å². The molecule has 1 heterocycles. The molecule has 1 fully saturated rings. The number of nitriles is 1. The highest BCUT2D eigenvalue weighted by atomic mass is 15.1. The van der Waals surface area contributed by atoms with Gasteiger partial charge in [-0.15, -0.1) is 0 Å². The van der Waals surface area contributed by atoms with Crippen LogP contribution >= 0.6 is 0 Å². The third-order valence-electron chi connectivity index (χ3n) is 4.08. The Labute approximate surface area is 119 Å². The summed E-state index contributed by atoms with van der Waals surface area (Å²) < 4.78 is 0. The summed E-state index contributed by atoms with van der Waals surface area (Å²) in [5, 5.41) is 8.79. The number of hydrogen-bond acceptors (Lipinski definition) is 3. The van der Waals surface area contributed by atoms with Crippen molar-refractivity contribution in [2.24, 2.45) is 0 Å². The van der Waals surface area contributed by atoms with Crippen molar-refractivity contribution in [2.75, 3.05) is 18.5 Å². The topological polar surface area (TPSA) is 39.9 Å². The monoisotopic (exact) mass is 263 g/mol. The number of nitrogens with zero attached hydrogens (tertiary/aromatic N) is 3. The van der Waals surface area contributed by atoms with Crippen LogP contribution in [0.3, 0.4) is 0 Å². The average Bonchev–Trinajstić information content (AvgIpc) is 3.29. The number of anilines is 1. The van der Waals surface area contributed by atoms with E-state index in [-0.39, 0.29) is 0 Å². The summed E-state index contributed by atoms with van der Waals surface area (Å²) in [7, 11) is 2.09. The van der Waals surface area contributed by atoms with E-state index in [1.165, 1.54) is 18.4 Å². The van der Waals surface area contributed by atoms with Crippen molar-refractivity contribution in [1.82, 2.24) is 4.98 Å². The van der Waals surface area contributed by atoms with Crippen LogP contribution in [0.15, 0.2) is 48.7 Å². The highest BCUT2D eigenvalue weighted by Gasteiger charge is 2.44. The Bertz CT molecular complexity index is 622. The van der Waals surface area contributed by atoms with Gasteiger partial charge in [0, 0.05) is 19.0 Å². The lowest BCUT2D eigenvalue weighted by Crippen LogP contribution is -2.29. The van der Waals surface area contributed by atoms with Gasteiger partial charge in [-0.3, -0.25) is 0 Å². The Kier molecular flexibility index (Phi) is 3.15. The number of hydrogen-bond donors (Lipinski definition) is 0. The fourth-order valence-electron chi connectivity index (χ4n) is 2.70. The zero-order valence-corrected chi connectivity index (χ0v) is 11.6. The molecule has 0 saturated heterocycles. The lowest BCUT2D eigenvalue weighted by molar-refractivity contribution is 0.673. The largest absolute Gasteiger partial charge is 0.372 e. The van der Waals surface area contributed by atoms with Crippen molar-refractivity contribution in [3.8, 4) is 6.07 Å². The van der Waals surface area contributed by atoms with Gasteiger partial charge in [0.15, 0.2) is 0 Å². The molecule has 1 aromatic carbocycles. The fourth-order valence-corrected chi connectivity index (χ4v) is 2.70. The average molecular weight is 263 g/mol. The molecule has 1 aliphatic carbocycles. The van der Waals surface area contributed by atoms with Gasteiger partial charge in [0.25, 0.3) is 0 Å². The van der Waals surface area contributed by atoms with Gasteiger partial charge in [-0.1, -0.05) is 30.3 Å². The summed E-state index contributed by atoms with van der Waals surface area (Å²) in [6.07, 6.45) is 4.26. The smallest absolute Gasteiger partial charge is 0.140 e. The van der Waals surface area contributed by atoms with Crippen LogP contribution in [0.4, 0.5) is 5.69 Å². The molecule has 1 aliphatic rings. The molecule has 0 unspecified atom stereocenters. The van der Waals surface area contributed by atoms with Crippen molar-refractivity contribution >= 4 is 5.69 Å². The number of pyridine rings is 1. The maximum atomic E-state index is 8.79. The van der Waals surface area contributed by atoms with E-state index in [9.17, 15) is 0 Å². The molecule has 0 atom stereocenters. The molecule has 3 rings (SSSR count). The normalized spacial score (nSPS) is 15.4. The van der Waals surface area contributed by atoms with Crippen LogP contribution in [-0.4, -0.2) is 18.6 Å². The summed E-state index contributed by atoms with van der Waals surface area (Å²) >= 11 is 0. The molecule has 0 N–H and O–H groups in total. The molecule has 20 heavy (non-hydrogen) atoms. The summed E-state index contributed by atoms with van der Waals surface area (Å²) in [5.74, 6) is 0. The minimum Gasteiger partial charge on any atom is -0.372 e. The van der Waals surface area contributed by atoms with E-state index in [0.29, 0.717) is 11.1 Å². The molecule has 0 bridgehead atoms. The van der Waals surface area contributed by atoms with Gasteiger partial charge in [0.05, 0.1) is 11.9 Å². The first-order valence-electron chi connectivity index (χ1n) is 6.86. The van der Waals surface area contributed by atoms with E-state index in [4.69, 9.17) is 5.26 Å². The minimum absolute atomic E-state index is 0.296. The summed E-state index contributed by atoms with van der Waals surface area (Å²) in [4.78, 5) is 6.37. The molecule has 3 heteroatoms. The predicted molar refractivity (Wildman–Crippen MR) is 79.6 cm³/mol. The van der Waals surface area contributed by atoms with Gasteiger partial charge >= 0.3 is 0 Å². The van der Waals surface area contributed by atoms with E-state index in [0.717, 1.165) is 12.2 Å². The van der Waals surface area contributed by atoms with Gasteiger partial charge in [-0.25, -0.2) is 4.98 Å². The second kappa shape index (κ2) is 4.97. The summed E-state index contributed by atoms with van der Waals surface area (Å²) in [6, 6.07) is 16.5. The van der Waals surface area contributed by atoms with E-state index in [1.54, 1.807) is 12.3 Å². The molecule has 100 valence electrons. The summed E-state index contributed by atoms with van der Waals surface area (Å²) in [6.45, 7) is 0.991. The van der Waals surface area contributed by atoms with Crippen molar-refractivity contribution in [1.29, 1.82) is 5.26 Å². The lowest BCUT2D eigenvalue weighted by atomic mass is 9.95. The van der Waals surface area contributed by atoms with Crippen LogP contribution in [0, 0.1) is 11.3 Å². The number of benzene rings is 1. The number of likely N-dealkylation sites (N-methyl/N-ethyl adjacent to an activating group) is 1. The Balaban J connectivity index is 1.76. The highest BCUT2D eigenvalue weighted by Crippen LogP contribution is 2.48. The van der Waals surface area contributed by atoms with E-state index < -0.39 is 0 Å². The molecule has 3 nitrogen and oxygen atoms in total. The Morgan fingerprint density at radius 3 is 2.50 bits per heavy atom. The fraction of sp³-hybridized carbons (Fsp3) is 0.294. The quantitative estimate of drug-likeness (QED) is 0.851. The molecular weight excluding hydrogens is 246 g/mol. The van der Waals surface area contributed by atoms with E-state index in [2.05, 4.69) is 47.3 Å². The third-order valence-corrected chi connectivity index (χ3v) is 4.08. The van der Waals surface area contributed by atoms with Gasteiger partial charge < -0.3 is 4.90 Å². The summed E-state index contributed by atoms with van der Waals surface area (Å²) in [5.41, 5.74) is 3.25. The molecule has 2 aromatic rings. The Morgan fingerprint density at radius 1 is 1.20 bits per heavy atom. The maximum absolute atomic E-state index is 8.79. The second-order valence-corrected chi connectivity index (χ2v) is 5.52. The highest BCUT2D eigenvalue weighted by molar-refractivity contribution is 5.47. The molecule has 0 spiro atoms. The second-order valence-electron chi connectivity index (χ2n) is 5.52. The molecule has 1 saturated carbocycles. The predicted octanol–water partition coefficient (Wildman–Crippen LogP) is 3.12. The first kappa shape index (κ1) is 12.7. The SMILES string of the molecule is CN(CC1(c2ccccc2)CC1)c1ccc(C#N)nc1. The third kappa shape index (κ3) is 2.37. The van der Waals surface area contributed by atoms with Crippen LogP contribution in [0.2, 0.25) is 0 Å². The number of rotatable bonds is 4. The molecule has 1 aromatic heterocycles. The van der Waals surface area contributed by atoms with Gasteiger partial charge in [0.1, 0.15) is 11.8 Å². The molecule has 0 amide bonds. The van der Waals surface area contributed by atoms with Crippen LogP contribution < -0.4 is 4.90 Å². The zero-order chi connectivity index (χ0) is 14.0. The van der Waals surface area contributed by atoms with Crippen LogP contribution in [0.25, 0.3) is 0 Å². The minimum atomic E-state index is 0.296. The van der Waals surface area contributed by atoms with Crippen LogP contribution in [0.5, 0.6) is 0 Å². The zero-order valence-electron chi connectivity index (χ0n) is 11.6. The molecular formula is C17H17N3. The maximum Gasteiger partial charge on any atom is 0.140 e. The van der Waals surface area contributed by atoms with E-state index in [1.807, 2.05) is 12.1 Å². The lowest BCUT2D eigenvalue weighted by Gasteiger charge is -2.25. The number of aromatic nitrogens is 1. The van der Waals surface area contributed by atoms with Crippen LogP contribution in [0.1, 0.15) is 24.1 Å². The first-order valence-corrected chi connectivity index (χ1v) is 6.86. The van der Waals surface area contributed by atoms with Gasteiger partial charge in [-0.2, -0.15) is 5.26 Å². The van der Waals surface area contributed by atoms with Crippen molar-refractivity contribution in [3.63, 3.8) is 0 Å². The van der Waals surface area contributed by atoms with Crippen molar-refractivity contribution in [2.45, 2.75) is 18.3 Å². The van der Waals surface area contributed by atoms with Crippen molar-refractivity contribution in [3.05, 3.63) is 59.9 Å². The van der Waals surface area contributed by atoms with Crippen molar-refractivity contribution < 1.29 is 0 Å². The Morgan fingerprint density at radius 2 is 1.95 bits per heavy atom. The molecule has 0 aliphatic heterocycles. The van der Waals surface area contributed by atoms with Gasteiger partial charge in [-0.05, 0) is 30.5 Å². The van der Waals surface area contributed by atoms with E-state index >= 15 is 0 Å². The first-order chi connectivity index (χ1) is 9.73.